The van der Waals surface area contributed by atoms with Crippen LogP contribution in [0.25, 0.3) is 85.9 Å². The fraction of sp³-hybridized carbons (Fsp3) is 0.0435. The number of rotatable bonds is 6. The van der Waals surface area contributed by atoms with E-state index in [1.807, 2.05) is 24.3 Å². The van der Waals surface area contributed by atoms with Crippen molar-refractivity contribution in [2.45, 2.75) is 0 Å². The Bertz CT molecular complexity index is 2490. The van der Waals surface area contributed by atoms with Crippen molar-refractivity contribution in [2.24, 2.45) is 0 Å². The third kappa shape index (κ3) is 6.00. The molecule has 0 amide bonds. The zero-order valence-corrected chi connectivity index (χ0v) is 32.0. The number of ether oxygens (including phenoxy) is 2. The summed E-state index contributed by atoms with van der Waals surface area (Å²) >= 11 is -0.0329. The molecule has 9 rings (SSSR count). The van der Waals surface area contributed by atoms with Crippen LogP contribution in [0.5, 0.6) is 11.5 Å². The molecule has 0 saturated carbocycles. The Kier molecular flexibility index (Phi) is 8.68. The maximum absolute atomic E-state index is 5.55. The van der Waals surface area contributed by atoms with E-state index in [9.17, 15) is 0 Å². The van der Waals surface area contributed by atoms with Gasteiger partial charge in [-0.2, -0.15) is 0 Å². The van der Waals surface area contributed by atoms with Crippen molar-refractivity contribution < 1.29 is 9.47 Å². The summed E-state index contributed by atoms with van der Waals surface area (Å²) in [6.07, 6.45) is 8.79. The number of hydrogen-bond donors (Lipinski definition) is 0. The van der Waals surface area contributed by atoms with Crippen LogP contribution in [0.1, 0.15) is 22.8 Å². The minimum atomic E-state index is -0.0367. The molecule has 2 aliphatic heterocycles. The van der Waals surface area contributed by atoms with Crippen molar-refractivity contribution >= 4 is 70.4 Å². The van der Waals surface area contributed by atoms with Gasteiger partial charge < -0.3 is 0 Å². The predicted molar refractivity (Wildman–Crippen MR) is 219 cm³/mol. The van der Waals surface area contributed by atoms with Crippen LogP contribution in [0.3, 0.4) is 0 Å². The van der Waals surface area contributed by atoms with Crippen LogP contribution in [0.15, 0.2) is 133 Å². The van der Waals surface area contributed by atoms with Crippen LogP contribution in [0.4, 0.5) is 0 Å². The van der Waals surface area contributed by atoms with Crippen molar-refractivity contribution in [2.75, 3.05) is 14.2 Å². The predicted octanol–water partition coefficient (Wildman–Crippen LogP) is 10.8. The van der Waals surface area contributed by atoms with Gasteiger partial charge >= 0.3 is 316 Å². The molecule has 6 heteroatoms. The molecule has 5 heterocycles. The van der Waals surface area contributed by atoms with E-state index in [0.29, 0.717) is 0 Å². The summed E-state index contributed by atoms with van der Waals surface area (Å²) in [4.78, 5) is 10.9. The van der Waals surface area contributed by atoms with Crippen LogP contribution in [-0.2, 0) is 0 Å². The van der Waals surface area contributed by atoms with E-state index in [0.717, 1.165) is 56.5 Å². The monoisotopic (exact) mass is 804 g/mol. The van der Waals surface area contributed by atoms with Gasteiger partial charge in [0.05, 0.1) is 0 Å². The van der Waals surface area contributed by atoms with Gasteiger partial charge in [-0.15, -0.1) is 0 Å². The van der Waals surface area contributed by atoms with Crippen molar-refractivity contribution in [3.8, 4) is 56.0 Å². The molecular weight excluding hydrogens is 770 g/mol. The quantitative estimate of drug-likeness (QED) is 0.157. The van der Waals surface area contributed by atoms with Gasteiger partial charge in [-0.05, 0) is 0 Å². The summed E-state index contributed by atoms with van der Waals surface area (Å²) in [6.45, 7) is 0. The fourth-order valence-corrected chi connectivity index (χ4v) is 11.7. The van der Waals surface area contributed by atoms with Crippen molar-refractivity contribution in [1.82, 2.24) is 9.97 Å². The first-order chi connectivity index (χ1) is 25.7. The first kappa shape index (κ1) is 32.4. The number of hydrogen-bond acceptors (Lipinski definition) is 4. The van der Waals surface area contributed by atoms with Gasteiger partial charge in [0.2, 0.25) is 0 Å². The van der Waals surface area contributed by atoms with Crippen LogP contribution in [-0.4, -0.2) is 53.2 Å². The standard InChI is InChI=1S/C46H32N2O2Se2/c1-49-33-17-13-31(14-18-33)45-37-23-21-35(47-37)43(29-9-5-3-6-10-29)39-25-26-40(51-39)44(30-11-7-4-8-12-30)36-22-24-38(48-36)46(42-28-27-41(45)52-42)32-15-19-34(50-2)20-16-32/h3-28H,1-2H3. The molecule has 0 fully saturated rings. The summed E-state index contributed by atoms with van der Waals surface area (Å²) < 4.78 is 16.2. The zero-order valence-electron chi connectivity index (χ0n) is 28.5. The molecule has 52 heavy (non-hydrogen) atoms. The van der Waals surface area contributed by atoms with Gasteiger partial charge in [0.1, 0.15) is 0 Å². The molecule has 8 bridgehead atoms. The number of benzene rings is 4. The third-order valence-corrected chi connectivity index (χ3v) is 14.1. The summed E-state index contributed by atoms with van der Waals surface area (Å²) in [6, 6.07) is 47.3. The van der Waals surface area contributed by atoms with Crippen LogP contribution in [0, 0.1) is 0 Å². The van der Waals surface area contributed by atoms with Gasteiger partial charge in [-0.25, -0.2) is 0 Å². The Morgan fingerprint density at radius 2 is 0.635 bits per heavy atom. The average molecular weight is 803 g/mol. The van der Waals surface area contributed by atoms with Crippen LogP contribution in [0.2, 0.25) is 0 Å². The molecule has 0 atom stereocenters. The molecule has 2 aliphatic rings. The van der Waals surface area contributed by atoms with E-state index in [4.69, 9.17) is 19.4 Å². The number of methoxy groups -OCH3 is 2. The van der Waals surface area contributed by atoms with Crippen LogP contribution >= 0.6 is 0 Å². The normalized spacial score (nSPS) is 11.9. The van der Waals surface area contributed by atoms with E-state index in [-0.39, 0.29) is 29.0 Å². The number of fused-ring (bicyclic) bond motifs is 8. The molecular formula is C46H32N2O2Se2. The minimum absolute atomic E-state index is 0.00386. The van der Waals surface area contributed by atoms with Crippen molar-refractivity contribution in [3.63, 3.8) is 0 Å². The van der Waals surface area contributed by atoms with E-state index < -0.39 is 0 Å². The second-order valence-electron chi connectivity index (χ2n) is 12.4. The topological polar surface area (TPSA) is 44.2 Å². The van der Waals surface area contributed by atoms with Gasteiger partial charge in [0.15, 0.2) is 0 Å². The molecule has 0 unspecified atom stereocenters. The second-order valence-corrected chi connectivity index (χ2v) is 17.0. The van der Waals surface area contributed by atoms with E-state index >= 15 is 0 Å². The van der Waals surface area contributed by atoms with E-state index in [2.05, 4.69) is 133 Å². The molecule has 0 N–H and O–H groups in total. The number of nitrogens with zero attached hydrogens (tertiary/aromatic N) is 2. The van der Waals surface area contributed by atoms with Gasteiger partial charge in [0.25, 0.3) is 0 Å². The Morgan fingerprint density at radius 1 is 0.346 bits per heavy atom. The maximum atomic E-state index is 5.55. The molecule has 0 saturated heterocycles. The Balaban J connectivity index is 1.45. The molecule has 0 spiro atoms. The molecule has 4 aromatic carbocycles. The summed E-state index contributed by atoms with van der Waals surface area (Å²) in [5.41, 5.74) is 13.2. The second kappa shape index (κ2) is 13.9. The van der Waals surface area contributed by atoms with Gasteiger partial charge in [-0.1, -0.05) is 0 Å². The molecule has 0 radical (unpaired) electrons. The Hall–Kier alpha value is -5.48. The Morgan fingerprint density at radius 3 is 0.923 bits per heavy atom. The molecule has 4 nitrogen and oxygen atoms in total. The van der Waals surface area contributed by atoms with Gasteiger partial charge in [-0.3, -0.25) is 0 Å². The van der Waals surface area contributed by atoms with E-state index in [1.165, 1.54) is 39.3 Å². The van der Waals surface area contributed by atoms with E-state index in [1.54, 1.807) is 14.2 Å². The first-order valence-electron chi connectivity index (χ1n) is 17.0. The van der Waals surface area contributed by atoms with Crippen molar-refractivity contribution in [3.05, 3.63) is 156 Å². The summed E-state index contributed by atoms with van der Waals surface area (Å²) in [7, 11) is 3.41. The zero-order chi connectivity index (χ0) is 35.0. The Labute approximate surface area is 314 Å². The molecule has 3 aromatic heterocycles. The fourth-order valence-electron chi connectivity index (χ4n) is 6.88. The first-order valence-corrected chi connectivity index (χ1v) is 20.5. The molecule has 250 valence electrons. The van der Waals surface area contributed by atoms with Gasteiger partial charge in [0, 0.05) is 0 Å². The SMILES string of the molecule is COc1ccc(-c2c3nc(c(-c4ccccc4)c4ccc([se]4)c(-c4ccccc4)c4nc(c(-c5ccc(OC)cc5)c5ccc2[se]5)C=C4)C=C3)cc1. The third-order valence-electron chi connectivity index (χ3n) is 9.38. The number of aromatic nitrogens is 2. The summed E-state index contributed by atoms with van der Waals surface area (Å²) in [5, 5.41) is 0. The molecule has 0 aliphatic carbocycles. The van der Waals surface area contributed by atoms with Crippen LogP contribution < -0.4 is 9.47 Å². The molecule has 7 aromatic rings. The average Bonchev–Trinajstić information content (AvgIpc) is 4.04. The summed E-state index contributed by atoms with van der Waals surface area (Å²) in [5.74, 6) is 1.66. The van der Waals surface area contributed by atoms with Crippen molar-refractivity contribution in [1.29, 1.82) is 0 Å².